The van der Waals surface area contributed by atoms with Crippen molar-refractivity contribution in [2.24, 2.45) is 0 Å². The molecular formula is C22H21N7O2. The lowest BCUT2D eigenvalue weighted by Crippen LogP contribution is -2.16. The van der Waals surface area contributed by atoms with Gasteiger partial charge in [0.15, 0.2) is 5.82 Å². The fraction of sp³-hybridized carbons (Fsp3) is 0.227. The predicted molar refractivity (Wildman–Crippen MR) is 114 cm³/mol. The van der Waals surface area contributed by atoms with Crippen molar-refractivity contribution in [1.82, 2.24) is 29.3 Å². The first kappa shape index (κ1) is 19.0. The SMILES string of the molecule is Cc1cn(-c2ccc3c(c2)C(=O)Nc2cccc(n2)-c2nncn2CCCCO3)cn1. The highest BCUT2D eigenvalue weighted by molar-refractivity contribution is 6.06. The molecule has 0 atom stereocenters. The number of pyridine rings is 1. The zero-order valence-electron chi connectivity index (χ0n) is 17.0. The van der Waals surface area contributed by atoms with Crippen molar-refractivity contribution >= 4 is 11.7 Å². The maximum absolute atomic E-state index is 13.2. The lowest BCUT2D eigenvalue weighted by atomic mass is 10.1. The number of aromatic nitrogens is 6. The standard InChI is InChI=1S/C22H21N7O2/c1-15-12-29(13-23-15)16-7-8-19-17(11-16)22(30)26-20-6-4-5-18(25-20)21-27-24-14-28(21)9-2-3-10-31-19/h4-8,11-14H,2-3,9-10H2,1H3,(H,25,26,30). The molecule has 1 amide bonds. The van der Waals surface area contributed by atoms with E-state index in [9.17, 15) is 4.79 Å². The maximum Gasteiger partial charge on any atom is 0.260 e. The number of carbonyl (C=O) groups excluding carboxylic acids is 1. The van der Waals surface area contributed by atoms with E-state index in [-0.39, 0.29) is 5.91 Å². The third kappa shape index (κ3) is 3.89. The molecule has 2 bridgehead atoms. The van der Waals surface area contributed by atoms with Crippen molar-refractivity contribution in [3.63, 3.8) is 0 Å². The van der Waals surface area contributed by atoms with Crippen molar-refractivity contribution in [3.8, 4) is 23.0 Å². The summed E-state index contributed by atoms with van der Waals surface area (Å²) < 4.78 is 9.82. The summed E-state index contributed by atoms with van der Waals surface area (Å²) in [5.74, 6) is 1.35. The van der Waals surface area contributed by atoms with Gasteiger partial charge in [-0.05, 0) is 50.1 Å². The maximum atomic E-state index is 13.2. The average molecular weight is 415 g/mol. The summed E-state index contributed by atoms with van der Waals surface area (Å²) in [6.45, 7) is 3.19. The first-order chi connectivity index (χ1) is 15.2. The van der Waals surface area contributed by atoms with Gasteiger partial charge in [0.2, 0.25) is 0 Å². The van der Waals surface area contributed by atoms with Crippen LogP contribution in [0.1, 0.15) is 28.9 Å². The minimum Gasteiger partial charge on any atom is -0.493 e. The zero-order valence-corrected chi connectivity index (χ0v) is 17.0. The number of nitrogens with zero attached hydrogens (tertiary/aromatic N) is 6. The van der Waals surface area contributed by atoms with E-state index in [1.165, 1.54) is 0 Å². The number of rotatable bonds is 1. The molecule has 9 heteroatoms. The smallest absolute Gasteiger partial charge is 0.260 e. The van der Waals surface area contributed by atoms with Crippen LogP contribution in [-0.4, -0.2) is 41.8 Å². The third-order valence-electron chi connectivity index (χ3n) is 5.10. The van der Waals surface area contributed by atoms with Gasteiger partial charge < -0.3 is 19.2 Å². The molecule has 3 aromatic heterocycles. The molecule has 9 nitrogen and oxygen atoms in total. The van der Waals surface area contributed by atoms with Crippen molar-refractivity contribution in [3.05, 3.63) is 66.5 Å². The van der Waals surface area contributed by atoms with Gasteiger partial charge in [-0.25, -0.2) is 9.97 Å². The van der Waals surface area contributed by atoms with Crippen LogP contribution in [0.15, 0.2) is 55.2 Å². The Morgan fingerprint density at radius 2 is 2.06 bits per heavy atom. The summed E-state index contributed by atoms with van der Waals surface area (Å²) in [6, 6.07) is 11.0. The van der Waals surface area contributed by atoms with Gasteiger partial charge in [-0.2, -0.15) is 0 Å². The Morgan fingerprint density at radius 1 is 1.13 bits per heavy atom. The van der Waals surface area contributed by atoms with Gasteiger partial charge in [0.1, 0.15) is 23.6 Å². The molecule has 5 rings (SSSR count). The number of anilines is 1. The molecule has 0 radical (unpaired) electrons. The Bertz CT molecular complexity index is 1240. The number of carbonyl (C=O) groups is 1. The Morgan fingerprint density at radius 3 is 2.94 bits per heavy atom. The monoisotopic (exact) mass is 415 g/mol. The second kappa shape index (κ2) is 8.02. The molecule has 0 saturated heterocycles. The van der Waals surface area contributed by atoms with Crippen LogP contribution in [0.4, 0.5) is 5.82 Å². The van der Waals surface area contributed by atoms with E-state index < -0.39 is 0 Å². The Kier molecular flexibility index (Phi) is 4.91. The van der Waals surface area contributed by atoms with Crippen LogP contribution in [0, 0.1) is 6.92 Å². The quantitative estimate of drug-likeness (QED) is 0.512. The van der Waals surface area contributed by atoms with Gasteiger partial charge in [0, 0.05) is 18.4 Å². The molecule has 0 unspecified atom stereocenters. The van der Waals surface area contributed by atoms with Crippen molar-refractivity contribution in [2.75, 3.05) is 11.9 Å². The van der Waals surface area contributed by atoms with Crippen molar-refractivity contribution in [2.45, 2.75) is 26.3 Å². The molecule has 1 aromatic carbocycles. The Hall–Kier alpha value is -4.01. The topological polar surface area (TPSA) is 99.8 Å². The van der Waals surface area contributed by atoms with Crippen LogP contribution in [0.3, 0.4) is 0 Å². The van der Waals surface area contributed by atoms with E-state index in [2.05, 4.69) is 25.5 Å². The van der Waals surface area contributed by atoms with Gasteiger partial charge in [-0.1, -0.05) is 6.07 Å². The number of hydrogen-bond acceptors (Lipinski definition) is 6. The summed E-state index contributed by atoms with van der Waals surface area (Å²) >= 11 is 0. The van der Waals surface area contributed by atoms with Gasteiger partial charge in [-0.15, -0.1) is 10.2 Å². The van der Waals surface area contributed by atoms with E-state index in [1.807, 2.05) is 46.5 Å². The highest BCUT2D eigenvalue weighted by atomic mass is 16.5. The summed E-state index contributed by atoms with van der Waals surface area (Å²) in [5, 5.41) is 11.1. The minimum absolute atomic E-state index is 0.295. The normalized spacial score (nSPS) is 14.0. The molecule has 0 aliphatic carbocycles. The number of hydrogen-bond donors (Lipinski definition) is 1. The highest BCUT2D eigenvalue weighted by Crippen LogP contribution is 2.25. The summed E-state index contributed by atoms with van der Waals surface area (Å²) in [6.07, 6.45) is 7.04. The second-order valence-electron chi connectivity index (χ2n) is 7.37. The van der Waals surface area contributed by atoms with Crippen LogP contribution in [0.5, 0.6) is 5.75 Å². The van der Waals surface area contributed by atoms with Crippen molar-refractivity contribution < 1.29 is 9.53 Å². The second-order valence-corrected chi connectivity index (χ2v) is 7.37. The zero-order chi connectivity index (χ0) is 21.2. The van der Waals surface area contributed by atoms with Gasteiger partial charge in [-0.3, -0.25) is 4.79 Å². The largest absolute Gasteiger partial charge is 0.493 e. The molecule has 0 saturated carbocycles. The van der Waals surface area contributed by atoms with E-state index >= 15 is 0 Å². The number of aryl methyl sites for hydroxylation is 2. The summed E-state index contributed by atoms with van der Waals surface area (Å²) in [4.78, 5) is 22.0. The molecule has 31 heavy (non-hydrogen) atoms. The number of amides is 1. The van der Waals surface area contributed by atoms with Crippen LogP contribution in [-0.2, 0) is 6.54 Å². The number of ether oxygens (including phenoxy) is 1. The third-order valence-corrected chi connectivity index (χ3v) is 5.10. The molecule has 4 aromatic rings. The Balaban J connectivity index is 1.54. The molecular weight excluding hydrogens is 394 g/mol. The molecule has 1 aliphatic rings. The fourth-order valence-corrected chi connectivity index (χ4v) is 3.54. The minimum atomic E-state index is -0.295. The lowest BCUT2D eigenvalue weighted by Gasteiger charge is -2.15. The van der Waals surface area contributed by atoms with Crippen LogP contribution in [0.25, 0.3) is 17.2 Å². The first-order valence-corrected chi connectivity index (χ1v) is 10.1. The van der Waals surface area contributed by atoms with E-state index in [1.54, 1.807) is 24.8 Å². The fourth-order valence-electron chi connectivity index (χ4n) is 3.54. The number of nitrogens with one attached hydrogen (secondary N) is 1. The molecule has 156 valence electrons. The lowest BCUT2D eigenvalue weighted by molar-refractivity contribution is 0.102. The molecule has 0 fully saturated rings. The van der Waals surface area contributed by atoms with Crippen molar-refractivity contribution in [1.29, 1.82) is 0 Å². The van der Waals surface area contributed by atoms with E-state index in [4.69, 9.17) is 4.74 Å². The number of fused-ring (bicyclic) bond motifs is 5. The molecule has 0 spiro atoms. The van der Waals surface area contributed by atoms with E-state index in [0.717, 1.165) is 30.8 Å². The number of imidazole rings is 1. The van der Waals surface area contributed by atoms with Crippen LogP contribution in [0.2, 0.25) is 0 Å². The average Bonchev–Trinajstić information content (AvgIpc) is 3.42. The van der Waals surface area contributed by atoms with Gasteiger partial charge in [0.25, 0.3) is 5.91 Å². The molecule has 1 aliphatic heterocycles. The summed E-state index contributed by atoms with van der Waals surface area (Å²) in [7, 11) is 0. The molecule has 4 heterocycles. The number of benzene rings is 1. The predicted octanol–water partition coefficient (Wildman–Crippen LogP) is 3.26. The van der Waals surface area contributed by atoms with Gasteiger partial charge in [0.05, 0.1) is 24.2 Å². The Labute approximate surface area is 178 Å². The van der Waals surface area contributed by atoms with Gasteiger partial charge >= 0.3 is 0 Å². The van der Waals surface area contributed by atoms with Crippen LogP contribution < -0.4 is 10.1 Å². The first-order valence-electron chi connectivity index (χ1n) is 10.1. The van der Waals surface area contributed by atoms with Crippen LogP contribution >= 0.6 is 0 Å². The molecule has 1 N–H and O–H groups in total. The highest BCUT2D eigenvalue weighted by Gasteiger charge is 2.17. The summed E-state index contributed by atoms with van der Waals surface area (Å²) in [5.41, 5.74) is 2.83. The van der Waals surface area contributed by atoms with E-state index in [0.29, 0.717) is 35.3 Å².